The van der Waals surface area contributed by atoms with Crippen LogP contribution in [0.4, 0.5) is 0 Å². The molecule has 0 amide bonds. The molecule has 4 aromatic carbocycles. The molecule has 0 aromatic heterocycles. The van der Waals surface area contributed by atoms with E-state index in [-0.39, 0.29) is 12.0 Å². The maximum Gasteiger partial charge on any atom is 0.303 e. The molecule has 1 aliphatic carbocycles. The number of rotatable bonds is 10. The number of ether oxygens (including phenoxy) is 2. The average molecular weight is 490 g/mol. The van der Waals surface area contributed by atoms with Gasteiger partial charge in [0, 0.05) is 6.92 Å². The molecule has 4 aromatic rings. The van der Waals surface area contributed by atoms with E-state index < -0.39 is 11.6 Å². The molecule has 2 atom stereocenters. The van der Waals surface area contributed by atoms with Crippen LogP contribution in [0.15, 0.2) is 122 Å². The van der Waals surface area contributed by atoms with Gasteiger partial charge in [-0.25, -0.2) is 0 Å². The standard InChI is InChI=1S/C33H31NO3/c1-3-32(37-24(2)35)31(23-36-22-25-14-6-4-7-15-25)34-33(26-16-8-5-9-17-26)29-20-12-10-18-27(29)28-19-11-13-21-30(28)33/h3-21,31-32,34H,1,22-23H2,2H3/t31-,32+/m0/s1. The van der Waals surface area contributed by atoms with Crippen LogP contribution in [0.25, 0.3) is 11.1 Å². The van der Waals surface area contributed by atoms with Crippen molar-refractivity contribution in [1.82, 2.24) is 5.32 Å². The summed E-state index contributed by atoms with van der Waals surface area (Å²) in [5, 5.41) is 3.93. The van der Waals surface area contributed by atoms with E-state index in [1.165, 1.54) is 18.1 Å². The molecule has 0 unspecified atom stereocenters. The van der Waals surface area contributed by atoms with Crippen LogP contribution in [-0.2, 0) is 26.4 Å². The molecule has 5 rings (SSSR count). The van der Waals surface area contributed by atoms with Gasteiger partial charge in [-0.2, -0.15) is 0 Å². The summed E-state index contributed by atoms with van der Waals surface area (Å²) in [7, 11) is 0. The monoisotopic (exact) mass is 489 g/mol. The van der Waals surface area contributed by atoms with Crippen LogP contribution in [0, 0.1) is 0 Å². The van der Waals surface area contributed by atoms with Gasteiger partial charge < -0.3 is 9.47 Å². The van der Waals surface area contributed by atoms with Crippen molar-refractivity contribution in [1.29, 1.82) is 0 Å². The Labute approximate surface area is 218 Å². The lowest BCUT2D eigenvalue weighted by Crippen LogP contribution is -2.55. The summed E-state index contributed by atoms with van der Waals surface area (Å²) < 4.78 is 11.9. The first-order chi connectivity index (χ1) is 18.1. The Balaban J connectivity index is 1.60. The molecule has 0 bridgehead atoms. The molecule has 1 N–H and O–H groups in total. The van der Waals surface area contributed by atoms with Crippen LogP contribution >= 0.6 is 0 Å². The Morgan fingerprint density at radius 3 is 1.95 bits per heavy atom. The van der Waals surface area contributed by atoms with Gasteiger partial charge >= 0.3 is 5.97 Å². The predicted molar refractivity (Wildman–Crippen MR) is 147 cm³/mol. The number of carbonyl (C=O) groups is 1. The van der Waals surface area contributed by atoms with Crippen molar-refractivity contribution in [2.75, 3.05) is 6.61 Å². The highest BCUT2D eigenvalue weighted by Gasteiger charge is 2.46. The van der Waals surface area contributed by atoms with Crippen LogP contribution in [0.3, 0.4) is 0 Å². The molecule has 0 aliphatic heterocycles. The lowest BCUT2D eigenvalue weighted by Gasteiger charge is -2.39. The Hall–Kier alpha value is -3.99. The molecule has 0 heterocycles. The number of hydrogen-bond donors (Lipinski definition) is 1. The van der Waals surface area contributed by atoms with Crippen LogP contribution < -0.4 is 5.32 Å². The van der Waals surface area contributed by atoms with Crippen molar-refractivity contribution >= 4 is 5.97 Å². The van der Waals surface area contributed by atoms with E-state index >= 15 is 0 Å². The second-order valence-corrected chi connectivity index (χ2v) is 9.27. The quantitative estimate of drug-likeness (QED) is 0.211. The third kappa shape index (κ3) is 4.86. The maximum atomic E-state index is 12.1. The van der Waals surface area contributed by atoms with Gasteiger partial charge in [-0.1, -0.05) is 116 Å². The molecule has 186 valence electrons. The number of esters is 1. The average Bonchev–Trinajstić information content (AvgIpc) is 3.23. The van der Waals surface area contributed by atoms with Gasteiger partial charge in [0.05, 0.1) is 24.8 Å². The highest BCUT2D eigenvalue weighted by molar-refractivity contribution is 5.83. The zero-order chi connectivity index (χ0) is 25.7. The van der Waals surface area contributed by atoms with Crippen molar-refractivity contribution in [3.8, 4) is 11.1 Å². The second kappa shape index (κ2) is 11.0. The lowest BCUT2D eigenvalue weighted by molar-refractivity contribution is -0.146. The van der Waals surface area contributed by atoms with E-state index in [1.807, 2.05) is 36.4 Å². The van der Waals surface area contributed by atoms with E-state index in [0.29, 0.717) is 13.2 Å². The smallest absolute Gasteiger partial charge is 0.303 e. The Bertz CT molecular complexity index is 1320. The number of nitrogens with one attached hydrogen (secondary N) is 1. The summed E-state index contributed by atoms with van der Waals surface area (Å²) in [6.07, 6.45) is 1.09. The van der Waals surface area contributed by atoms with Gasteiger partial charge in [-0.15, -0.1) is 0 Å². The molecule has 1 aliphatic rings. The minimum Gasteiger partial charge on any atom is -0.457 e. The molecular weight excluding hydrogens is 458 g/mol. The largest absolute Gasteiger partial charge is 0.457 e. The van der Waals surface area contributed by atoms with Gasteiger partial charge in [-0.3, -0.25) is 10.1 Å². The maximum absolute atomic E-state index is 12.1. The molecule has 0 radical (unpaired) electrons. The second-order valence-electron chi connectivity index (χ2n) is 9.27. The molecule has 0 saturated carbocycles. The van der Waals surface area contributed by atoms with E-state index in [4.69, 9.17) is 9.47 Å². The van der Waals surface area contributed by atoms with Crippen LogP contribution in [0.2, 0.25) is 0 Å². The molecule has 0 saturated heterocycles. The topological polar surface area (TPSA) is 47.6 Å². The minimum absolute atomic E-state index is 0.317. The fraction of sp³-hybridized carbons (Fsp3) is 0.182. The van der Waals surface area contributed by atoms with E-state index in [2.05, 4.69) is 84.7 Å². The first-order valence-electron chi connectivity index (χ1n) is 12.6. The van der Waals surface area contributed by atoms with E-state index in [0.717, 1.165) is 22.3 Å². The fourth-order valence-electron chi connectivity index (χ4n) is 5.33. The van der Waals surface area contributed by atoms with Gasteiger partial charge in [0.2, 0.25) is 0 Å². The first kappa shape index (κ1) is 24.7. The van der Waals surface area contributed by atoms with E-state index in [9.17, 15) is 4.79 Å². The first-order valence-corrected chi connectivity index (χ1v) is 12.6. The Morgan fingerprint density at radius 1 is 0.838 bits per heavy atom. The number of carbonyl (C=O) groups excluding carboxylic acids is 1. The van der Waals surface area contributed by atoms with Crippen LogP contribution in [0.1, 0.15) is 29.2 Å². The summed E-state index contributed by atoms with van der Waals surface area (Å²) >= 11 is 0. The summed E-state index contributed by atoms with van der Waals surface area (Å²) in [6, 6.07) is 37.1. The van der Waals surface area contributed by atoms with Gasteiger partial charge in [0.15, 0.2) is 0 Å². The lowest BCUT2D eigenvalue weighted by atomic mass is 9.79. The van der Waals surface area contributed by atoms with Crippen molar-refractivity contribution in [2.45, 2.75) is 31.2 Å². The van der Waals surface area contributed by atoms with Crippen LogP contribution in [0.5, 0.6) is 0 Å². The number of benzene rings is 4. The summed E-state index contributed by atoms with van der Waals surface area (Å²) in [4.78, 5) is 12.1. The highest BCUT2D eigenvalue weighted by Crippen LogP contribution is 2.51. The number of fused-ring (bicyclic) bond motifs is 3. The van der Waals surface area contributed by atoms with Gasteiger partial charge in [0.25, 0.3) is 0 Å². The highest BCUT2D eigenvalue weighted by atomic mass is 16.5. The fourth-order valence-corrected chi connectivity index (χ4v) is 5.33. The van der Waals surface area contributed by atoms with E-state index in [1.54, 1.807) is 6.08 Å². The Kier molecular flexibility index (Phi) is 7.31. The van der Waals surface area contributed by atoms with Crippen molar-refractivity contribution in [3.63, 3.8) is 0 Å². The van der Waals surface area contributed by atoms with Gasteiger partial charge in [-0.05, 0) is 39.5 Å². The Morgan fingerprint density at radius 2 is 1.38 bits per heavy atom. The molecule has 4 nitrogen and oxygen atoms in total. The van der Waals surface area contributed by atoms with Crippen molar-refractivity contribution < 1.29 is 14.3 Å². The summed E-state index contributed by atoms with van der Waals surface area (Å²) in [5.41, 5.74) is 6.19. The zero-order valence-electron chi connectivity index (χ0n) is 21.0. The molecule has 0 fully saturated rings. The summed E-state index contributed by atoms with van der Waals surface area (Å²) in [6.45, 7) is 6.18. The summed E-state index contributed by atoms with van der Waals surface area (Å²) in [5.74, 6) is -0.360. The van der Waals surface area contributed by atoms with Crippen molar-refractivity contribution in [3.05, 3.63) is 144 Å². The normalized spacial score (nSPS) is 14.7. The minimum atomic E-state index is -0.670. The predicted octanol–water partition coefficient (Wildman–Crippen LogP) is 6.25. The third-order valence-electron chi connectivity index (χ3n) is 6.90. The third-order valence-corrected chi connectivity index (χ3v) is 6.90. The SMILES string of the molecule is C=C[C@@H](OC(C)=O)[C@H](COCc1ccccc1)NC1(c2ccccc2)c2ccccc2-c2ccccc21. The zero-order valence-corrected chi connectivity index (χ0v) is 21.0. The molecule has 0 spiro atoms. The molecule has 37 heavy (non-hydrogen) atoms. The molecule has 4 heteroatoms. The van der Waals surface area contributed by atoms with Crippen molar-refractivity contribution in [2.24, 2.45) is 0 Å². The van der Waals surface area contributed by atoms with Crippen LogP contribution in [-0.4, -0.2) is 24.7 Å². The van der Waals surface area contributed by atoms with Gasteiger partial charge in [0.1, 0.15) is 6.10 Å². The number of hydrogen-bond acceptors (Lipinski definition) is 4. The molecular formula is C33H31NO3.